The Bertz CT molecular complexity index is 829. The average Bonchev–Trinajstić information content (AvgIpc) is 2.56. The second-order valence-electron chi connectivity index (χ2n) is 4.87. The highest BCUT2D eigenvalue weighted by Gasteiger charge is 2.14. The first-order valence-electron chi connectivity index (χ1n) is 6.72. The van der Waals surface area contributed by atoms with E-state index in [4.69, 9.17) is 4.74 Å². The van der Waals surface area contributed by atoms with Gasteiger partial charge >= 0.3 is 0 Å². The van der Waals surface area contributed by atoms with Gasteiger partial charge in [0, 0.05) is 5.56 Å². The fourth-order valence-corrected chi connectivity index (χ4v) is 2.30. The van der Waals surface area contributed by atoms with Crippen LogP contribution < -0.4 is 4.74 Å². The van der Waals surface area contributed by atoms with Crippen molar-refractivity contribution in [1.82, 2.24) is 0 Å². The van der Waals surface area contributed by atoms with Gasteiger partial charge in [-0.15, -0.1) is 0 Å². The van der Waals surface area contributed by atoms with E-state index >= 15 is 0 Å². The number of halogens is 2. The zero-order chi connectivity index (χ0) is 15.5. The summed E-state index contributed by atoms with van der Waals surface area (Å²) in [6, 6.07) is 14.7. The van der Waals surface area contributed by atoms with E-state index in [1.807, 2.05) is 30.3 Å². The van der Waals surface area contributed by atoms with E-state index in [1.54, 1.807) is 0 Å². The first-order chi connectivity index (χ1) is 10.7. The van der Waals surface area contributed by atoms with Crippen molar-refractivity contribution in [2.75, 3.05) is 0 Å². The van der Waals surface area contributed by atoms with Crippen molar-refractivity contribution in [2.45, 2.75) is 6.61 Å². The molecule has 0 aromatic heterocycles. The Kier molecular flexibility index (Phi) is 3.83. The number of hydrogen-bond donors (Lipinski definition) is 0. The molecule has 0 N–H and O–H groups in total. The molecule has 0 aliphatic heterocycles. The smallest absolute Gasteiger partial charge is 0.170 e. The highest BCUT2D eigenvalue weighted by molar-refractivity contribution is 5.94. The summed E-state index contributed by atoms with van der Waals surface area (Å²) in [6.07, 6.45) is 0.649. The van der Waals surface area contributed by atoms with E-state index in [9.17, 15) is 13.6 Å². The van der Waals surface area contributed by atoms with E-state index in [0.29, 0.717) is 17.2 Å². The maximum absolute atomic E-state index is 14.1. The van der Waals surface area contributed by atoms with E-state index in [-0.39, 0.29) is 17.7 Å². The van der Waals surface area contributed by atoms with Gasteiger partial charge in [0.15, 0.2) is 11.6 Å². The first kappa shape index (κ1) is 14.2. The number of benzene rings is 3. The second kappa shape index (κ2) is 5.93. The van der Waals surface area contributed by atoms with Gasteiger partial charge in [-0.05, 0) is 29.1 Å². The molecule has 2 nitrogen and oxygen atoms in total. The molecule has 0 unspecified atom stereocenters. The molecule has 0 bridgehead atoms. The number of ether oxygens (including phenoxy) is 1. The van der Waals surface area contributed by atoms with Crippen LogP contribution in [-0.2, 0) is 6.61 Å². The van der Waals surface area contributed by atoms with Crippen molar-refractivity contribution in [1.29, 1.82) is 0 Å². The molecule has 0 radical (unpaired) electrons. The quantitative estimate of drug-likeness (QED) is 0.662. The summed E-state index contributed by atoms with van der Waals surface area (Å²) in [7, 11) is 0. The Morgan fingerprint density at radius 1 is 1.00 bits per heavy atom. The molecule has 4 heteroatoms. The molecule has 0 heterocycles. The largest absolute Gasteiger partial charge is 0.488 e. The molecule has 110 valence electrons. The van der Waals surface area contributed by atoms with Crippen LogP contribution in [0.15, 0.2) is 54.6 Å². The number of hydrogen-bond acceptors (Lipinski definition) is 2. The zero-order valence-electron chi connectivity index (χ0n) is 11.6. The molecule has 3 aromatic carbocycles. The minimum absolute atomic E-state index is 0.0431. The van der Waals surface area contributed by atoms with Crippen molar-refractivity contribution in [3.05, 3.63) is 77.4 Å². The molecule has 0 aliphatic carbocycles. The number of carbonyl (C=O) groups excluding carboxylic acids is 1. The number of aldehydes is 1. The van der Waals surface area contributed by atoms with Crippen molar-refractivity contribution in [2.24, 2.45) is 0 Å². The Morgan fingerprint density at radius 3 is 2.50 bits per heavy atom. The number of rotatable bonds is 4. The third-order valence-electron chi connectivity index (χ3n) is 3.37. The Morgan fingerprint density at radius 2 is 1.77 bits per heavy atom. The molecule has 0 saturated heterocycles. The van der Waals surface area contributed by atoms with E-state index < -0.39 is 11.6 Å². The van der Waals surface area contributed by atoms with Crippen LogP contribution in [0.3, 0.4) is 0 Å². The van der Waals surface area contributed by atoms with E-state index in [1.165, 1.54) is 18.2 Å². The van der Waals surface area contributed by atoms with Gasteiger partial charge in [0.05, 0.1) is 5.39 Å². The molecule has 0 fully saturated rings. The van der Waals surface area contributed by atoms with Gasteiger partial charge in [-0.2, -0.15) is 0 Å². The summed E-state index contributed by atoms with van der Waals surface area (Å²) >= 11 is 0. The fraction of sp³-hybridized carbons (Fsp3) is 0.0556. The van der Waals surface area contributed by atoms with Gasteiger partial charge in [-0.1, -0.05) is 36.4 Å². The molecular weight excluding hydrogens is 286 g/mol. The maximum Gasteiger partial charge on any atom is 0.170 e. The topological polar surface area (TPSA) is 26.3 Å². The normalized spacial score (nSPS) is 10.6. The number of carbonyl (C=O) groups is 1. The van der Waals surface area contributed by atoms with Crippen molar-refractivity contribution >= 4 is 17.1 Å². The summed E-state index contributed by atoms with van der Waals surface area (Å²) in [5.41, 5.74) is 1.24. The molecule has 3 aromatic rings. The average molecular weight is 298 g/mol. The van der Waals surface area contributed by atoms with E-state index in [0.717, 1.165) is 11.6 Å². The molecule has 22 heavy (non-hydrogen) atoms. The van der Waals surface area contributed by atoms with Gasteiger partial charge < -0.3 is 4.74 Å². The molecule has 3 rings (SSSR count). The Hall–Kier alpha value is -2.75. The van der Waals surface area contributed by atoms with E-state index in [2.05, 4.69) is 0 Å². The monoisotopic (exact) mass is 298 g/mol. The van der Waals surface area contributed by atoms with Crippen LogP contribution in [-0.4, -0.2) is 6.29 Å². The summed E-state index contributed by atoms with van der Waals surface area (Å²) < 4.78 is 33.2. The van der Waals surface area contributed by atoms with Crippen LogP contribution in [0.4, 0.5) is 8.78 Å². The standard InChI is InChI=1S/C18H12F2O2/c19-15-7-6-14-8-13(10-21)9-16(17(14)18(15)20)22-11-12-4-2-1-3-5-12/h1-10H,11H2. The van der Waals surface area contributed by atoms with Crippen LogP contribution in [0.2, 0.25) is 0 Å². The van der Waals surface area contributed by atoms with Gasteiger partial charge in [-0.25, -0.2) is 8.78 Å². The summed E-state index contributed by atoms with van der Waals surface area (Å²) in [4.78, 5) is 11.0. The molecule has 0 saturated carbocycles. The lowest BCUT2D eigenvalue weighted by Crippen LogP contribution is -1.99. The Balaban J connectivity index is 2.06. The van der Waals surface area contributed by atoms with Crippen LogP contribution in [0.25, 0.3) is 10.8 Å². The molecule has 0 atom stereocenters. The third-order valence-corrected chi connectivity index (χ3v) is 3.37. The van der Waals surface area contributed by atoms with Gasteiger partial charge in [0.25, 0.3) is 0 Å². The molecule has 0 spiro atoms. The predicted octanol–water partition coefficient (Wildman–Crippen LogP) is 4.51. The van der Waals surface area contributed by atoms with Crippen LogP contribution >= 0.6 is 0 Å². The first-order valence-corrected chi connectivity index (χ1v) is 6.72. The molecular formula is C18H12F2O2. The minimum Gasteiger partial charge on any atom is -0.488 e. The second-order valence-corrected chi connectivity index (χ2v) is 4.87. The lowest BCUT2D eigenvalue weighted by atomic mass is 10.1. The van der Waals surface area contributed by atoms with Crippen molar-refractivity contribution in [3.63, 3.8) is 0 Å². The summed E-state index contributed by atoms with van der Waals surface area (Å²) in [5.74, 6) is -1.77. The van der Waals surface area contributed by atoms with Crippen molar-refractivity contribution < 1.29 is 18.3 Å². The van der Waals surface area contributed by atoms with Gasteiger partial charge in [-0.3, -0.25) is 4.79 Å². The Labute approximate surface area is 126 Å². The summed E-state index contributed by atoms with van der Waals surface area (Å²) in [6.45, 7) is 0.203. The third kappa shape index (κ3) is 2.68. The zero-order valence-corrected chi connectivity index (χ0v) is 11.6. The highest BCUT2D eigenvalue weighted by atomic mass is 19.2. The van der Waals surface area contributed by atoms with Gasteiger partial charge in [0.2, 0.25) is 0 Å². The predicted molar refractivity (Wildman–Crippen MR) is 80.0 cm³/mol. The lowest BCUT2D eigenvalue weighted by Gasteiger charge is -2.11. The SMILES string of the molecule is O=Cc1cc(OCc2ccccc2)c2c(F)c(F)ccc2c1. The fourth-order valence-electron chi connectivity index (χ4n) is 2.30. The highest BCUT2D eigenvalue weighted by Crippen LogP contribution is 2.31. The van der Waals surface area contributed by atoms with Gasteiger partial charge in [0.1, 0.15) is 18.6 Å². The molecule has 0 aliphatic rings. The van der Waals surface area contributed by atoms with Crippen LogP contribution in [0.1, 0.15) is 15.9 Å². The maximum atomic E-state index is 14.1. The summed E-state index contributed by atoms with van der Waals surface area (Å²) in [5, 5.41) is 0.466. The molecule has 0 amide bonds. The van der Waals surface area contributed by atoms with Crippen LogP contribution in [0, 0.1) is 11.6 Å². The lowest BCUT2D eigenvalue weighted by molar-refractivity contribution is 0.112. The number of fused-ring (bicyclic) bond motifs is 1. The minimum atomic E-state index is -0.974. The van der Waals surface area contributed by atoms with Crippen LogP contribution in [0.5, 0.6) is 5.75 Å². The van der Waals surface area contributed by atoms with Crippen molar-refractivity contribution in [3.8, 4) is 5.75 Å².